The molecular formula is C19H25NO. The van der Waals surface area contributed by atoms with Crippen molar-refractivity contribution >= 4 is 0 Å². The minimum atomic E-state index is 0.544. The largest absolute Gasteiger partial charge is 0.492 e. The summed E-state index contributed by atoms with van der Waals surface area (Å²) in [7, 11) is 0. The highest BCUT2D eigenvalue weighted by Crippen LogP contribution is 2.23. The van der Waals surface area contributed by atoms with E-state index >= 15 is 0 Å². The Morgan fingerprint density at radius 2 is 1.52 bits per heavy atom. The van der Waals surface area contributed by atoms with Gasteiger partial charge in [-0.3, -0.25) is 0 Å². The molecule has 0 aliphatic rings. The Hall–Kier alpha value is -1.80. The van der Waals surface area contributed by atoms with Crippen LogP contribution in [-0.2, 0) is 0 Å². The second kappa shape index (κ2) is 8.48. The molecule has 2 nitrogen and oxygen atoms in total. The molecule has 0 aromatic heterocycles. The molecule has 0 aliphatic heterocycles. The molecule has 2 aromatic rings. The highest BCUT2D eigenvalue weighted by atomic mass is 16.5. The predicted molar refractivity (Wildman–Crippen MR) is 88.8 cm³/mol. The maximum Gasteiger partial charge on any atom is 0.119 e. The van der Waals surface area contributed by atoms with Gasteiger partial charge in [-0.1, -0.05) is 62.4 Å². The van der Waals surface area contributed by atoms with Crippen LogP contribution < -0.4 is 10.1 Å². The summed E-state index contributed by atoms with van der Waals surface area (Å²) in [5.74, 6) is 2.10. The van der Waals surface area contributed by atoms with Gasteiger partial charge in [-0.15, -0.1) is 0 Å². The average Bonchev–Trinajstić information content (AvgIpc) is 2.52. The fourth-order valence-electron chi connectivity index (χ4n) is 2.45. The lowest BCUT2D eigenvalue weighted by molar-refractivity contribution is 0.309. The Balaban J connectivity index is 1.73. The van der Waals surface area contributed by atoms with Gasteiger partial charge in [0.1, 0.15) is 12.4 Å². The van der Waals surface area contributed by atoms with Crippen LogP contribution in [0, 0.1) is 5.92 Å². The first-order valence-electron chi connectivity index (χ1n) is 7.71. The normalized spacial score (nSPS) is 12.3. The fraction of sp³-hybridized carbons (Fsp3) is 0.368. The van der Waals surface area contributed by atoms with Crippen molar-refractivity contribution in [2.75, 3.05) is 19.7 Å². The monoisotopic (exact) mass is 283 g/mol. The third-order valence-corrected chi connectivity index (χ3v) is 3.69. The van der Waals surface area contributed by atoms with Gasteiger partial charge in [0, 0.05) is 13.1 Å². The molecule has 2 rings (SSSR count). The van der Waals surface area contributed by atoms with Crippen LogP contribution in [0.2, 0.25) is 0 Å². The highest BCUT2D eigenvalue weighted by molar-refractivity contribution is 5.21. The van der Waals surface area contributed by atoms with Crippen LogP contribution >= 0.6 is 0 Å². The molecule has 1 N–H and O–H groups in total. The topological polar surface area (TPSA) is 21.3 Å². The zero-order chi connectivity index (χ0) is 14.9. The number of hydrogen-bond donors (Lipinski definition) is 1. The molecule has 0 amide bonds. The van der Waals surface area contributed by atoms with E-state index in [1.165, 1.54) is 5.56 Å². The zero-order valence-corrected chi connectivity index (χ0v) is 13.0. The van der Waals surface area contributed by atoms with Crippen molar-refractivity contribution in [1.82, 2.24) is 5.32 Å². The minimum absolute atomic E-state index is 0.544. The third-order valence-electron chi connectivity index (χ3n) is 3.69. The van der Waals surface area contributed by atoms with Gasteiger partial charge in [0.15, 0.2) is 0 Å². The minimum Gasteiger partial charge on any atom is -0.492 e. The zero-order valence-electron chi connectivity index (χ0n) is 13.0. The van der Waals surface area contributed by atoms with Crippen LogP contribution in [0.5, 0.6) is 5.75 Å². The highest BCUT2D eigenvalue weighted by Gasteiger charge is 2.14. The quantitative estimate of drug-likeness (QED) is 0.737. The molecule has 0 saturated carbocycles. The van der Waals surface area contributed by atoms with Crippen LogP contribution in [0.4, 0.5) is 0 Å². The van der Waals surface area contributed by atoms with E-state index < -0.39 is 0 Å². The molecule has 1 atom stereocenters. The molecule has 1 unspecified atom stereocenters. The van der Waals surface area contributed by atoms with Crippen molar-refractivity contribution in [2.45, 2.75) is 19.8 Å². The van der Waals surface area contributed by atoms with Crippen LogP contribution in [0.25, 0.3) is 0 Å². The van der Waals surface area contributed by atoms with Gasteiger partial charge in [-0.2, -0.15) is 0 Å². The molecule has 0 radical (unpaired) electrons. The van der Waals surface area contributed by atoms with Gasteiger partial charge in [-0.25, -0.2) is 0 Å². The first kappa shape index (κ1) is 15.6. The summed E-state index contributed by atoms with van der Waals surface area (Å²) in [6, 6.07) is 20.7. The van der Waals surface area contributed by atoms with Crippen molar-refractivity contribution in [2.24, 2.45) is 5.92 Å². The first-order chi connectivity index (χ1) is 10.3. The number of hydrogen-bond acceptors (Lipinski definition) is 2. The fourth-order valence-corrected chi connectivity index (χ4v) is 2.45. The summed E-state index contributed by atoms with van der Waals surface area (Å²) in [5.41, 5.74) is 1.41. The second-order valence-electron chi connectivity index (χ2n) is 5.63. The van der Waals surface area contributed by atoms with Crippen LogP contribution in [-0.4, -0.2) is 19.7 Å². The average molecular weight is 283 g/mol. The molecule has 112 valence electrons. The summed E-state index contributed by atoms with van der Waals surface area (Å²) in [6.45, 7) is 7.11. The van der Waals surface area contributed by atoms with Gasteiger partial charge in [0.2, 0.25) is 0 Å². The lowest BCUT2D eigenvalue weighted by atomic mass is 9.88. The second-order valence-corrected chi connectivity index (χ2v) is 5.63. The van der Waals surface area contributed by atoms with Crippen molar-refractivity contribution in [1.29, 1.82) is 0 Å². The first-order valence-corrected chi connectivity index (χ1v) is 7.71. The van der Waals surface area contributed by atoms with Crippen molar-refractivity contribution in [3.05, 3.63) is 66.2 Å². The maximum absolute atomic E-state index is 5.69. The van der Waals surface area contributed by atoms with E-state index in [0.717, 1.165) is 18.8 Å². The van der Waals surface area contributed by atoms with Crippen LogP contribution in [0.15, 0.2) is 60.7 Å². The van der Waals surface area contributed by atoms with E-state index in [2.05, 4.69) is 49.5 Å². The summed E-state index contributed by atoms with van der Waals surface area (Å²) in [4.78, 5) is 0. The molecule has 0 spiro atoms. The Kier molecular flexibility index (Phi) is 6.29. The van der Waals surface area contributed by atoms with Gasteiger partial charge >= 0.3 is 0 Å². The van der Waals surface area contributed by atoms with Gasteiger partial charge in [0.25, 0.3) is 0 Å². The number of nitrogens with one attached hydrogen (secondary N) is 1. The molecule has 0 bridgehead atoms. The molecule has 2 aromatic carbocycles. The SMILES string of the molecule is CC(C)C(CNCCOc1ccccc1)c1ccccc1. The van der Waals surface area contributed by atoms with E-state index in [1.807, 2.05) is 30.3 Å². The van der Waals surface area contributed by atoms with Crippen molar-refractivity contribution in [3.63, 3.8) is 0 Å². The molecular weight excluding hydrogens is 258 g/mol. The molecule has 2 heteroatoms. The summed E-state index contributed by atoms with van der Waals surface area (Å²) >= 11 is 0. The summed E-state index contributed by atoms with van der Waals surface area (Å²) < 4.78 is 5.69. The van der Waals surface area contributed by atoms with Gasteiger partial charge in [-0.05, 0) is 29.5 Å². The maximum atomic E-state index is 5.69. The van der Waals surface area contributed by atoms with E-state index in [-0.39, 0.29) is 0 Å². The van der Waals surface area contributed by atoms with E-state index in [1.54, 1.807) is 0 Å². The van der Waals surface area contributed by atoms with E-state index in [0.29, 0.717) is 18.4 Å². The lowest BCUT2D eigenvalue weighted by Gasteiger charge is -2.22. The third kappa shape index (κ3) is 5.24. The summed E-state index contributed by atoms with van der Waals surface area (Å²) in [5, 5.41) is 3.51. The van der Waals surface area contributed by atoms with Crippen LogP contribution in [0.3, 0.4) is 0 Å². The molecule has 0 saturated heterocycles. The number of rotatable bonds is 8. The Bertz CT molecular complexity index is 495. The Labute approximate surface area is 128 Å². The van der Waals surface area contributed by atoms with Crippen LogP contribution in [0.1, 0.15) is 25.3 Å². The van der Waals surface area contributed by atoms with Crippen molar-refractivity contribution < 1.29 is 4.74 Å². The Morgan fingerprint density at radius 3 is 2.14 bits per heavy atom. The molecule has 0 aliphatic carbocycles. The predicted octanol–water partition coefficient (Wildman–Crippen LogP) is 4.09. The number of para-hydroxylation sites is 1. The van der Waals surface area contributed by atoms with Crippen molar-refractivity contribution in [3.8, 4) is 5.75 Å². The van der Waals surface area contributed by atoms with E-state index in [9.17, 15) is 0 Å². The molecule has 0 heterocycles. The molecule has 21 heavy (non-hydrogen) atoms. The number of benzene rings is 2. The summed E-state index contributed by atoms with van der Waals surface area (Å²) in [6.07, 6.45) is 0. The standard InChI is InChI=1S/C19H25NO/c1-16(2)19(17-9-5-3-6-10-17)15-20-13-14-21-18-11-7-4-8-12-18/h3-12,16,19-20H,13-15H2,1-2H3. The Morgan fingerprint density at radius 1 is 0.905 bits per heavy atom. The van der Waals surface area contributed by atoms with E-state index in [4.69, 9.17) is 4.74 Å². The number of ether oxygens (including phenoxy) is 1. The van der Waals surface area contributed by atoms with Gasteiger partial charge < -0.3 is 10.1 Å². The lowest BCUT2D eigenvalue weighted by Crippen LogP contribution is -2.28. The smallest absolute Gasteiger partial charge is 0.119 e. The van der Waals surface area contributed by atoms with Gasteiger partial charge in [0.05, 0.1) is 0 Å². The molecule has 0 fully saturated rings.